The molecule has 0 saturated heterocycles. The third kappa shape index (κ3) is 2.71. The lowest BCUT2D eigenvalue weighted by Crippen LogP contribution is -1.92. The summed E-state index contributed by atoms with van der Waals surface area (Å²) in [4.78, 5) is 9.94. The van der Waals surface area contributed by atoms with Crippen LogP contribution < -0.4 is 0 Å². The molecule has 0 saturated carbocycles. The fourth-order valence-electron chi connectivity index (χ4n) is 1.05. The highest BCUT2D eigenvalue weighted by Crippen LogP contribution is 2.08. The lowest BCUT2D eigenvalue weighted by atomic mass is 10.1. The highest BCUT2D eigenvalue weighted by molar-refractivity contribution is 5.51. The highest BCUT2D eigenvalue weighted by Gasteiger charge is 2.01. The molecule has 0 bridgehead atoms. The predicted octanol–water partition coefficient (Wildman–Crippen LogP) is 2.63. The van der Waals surface area contributed by atoms with Gasteiger partial charge in [0.05, 0.1) is 4.92 Å². The van der Waals surface area contributed by atoms with Gasteiger partial charge >= 0.3 is 0 Å². The summed E-state index contributed by atoms with van der Waals surface area (Å²) in [6.07, 6.45) is 1.56. The zero-order chi connectivity index (χ0) is 9.84. The fraction of sp³-hybridized carbons (Fsp3) is 0.200. The van der Waals surface area contributed by atoms with E-state index in [1.807, 2.05) is 31.2 Å². The Morgan fingerprint density at radius 3 is 2.77 bits per heavy atom. The Hall–Kier alpha value is -1.64. The first-order valence-electron chi connectivity index (χ1n) is 3.99. The van der Waals surface area contributed by atoms with Crippen LogP contribution in [0.15, 0.2) is 30.0 Å². The van der Waals surface area contributed by atoms with Crippen LogP contribution in [-0.2, 0) is 0 Å². The molecule has 0 aliphatic rings. The van der Waals surface area contributed by atoms with E-state index in [0.29, 0.717) is 0 Å². The Morgan fingerprint density at radius 2 is 2.23 bits per heavy atom. The van der Waals surface area contributed by atoms with Crippen LogP contribution in [-0.4, -0.2) is 4.92 Å². The SMILES string of the molecule is CC(=Cc1cccc(C)c1)[N+](=O)[O-]. The van der Waals surface area contributed by atoms with Gasteiger partial charge in [-0.25, -0.2) is 0 Å². The molecule has 1 aromatic rings. The van der Waals surface area contributed by atoms with Crippen LogP contribution in [0.25, 0.3) is 6.08 Å². The van der Waals surface area contributed by atoms with Gasteiger partial charge in [-0.15, -0.1) is 0 Å². The number of hydrogen-bond acceptors (Lipinski definition) is 2. The zero-order valence-electron chi connectivity index (χ0n) is 7.65. The summed E-state index contributed by atoms with van der Waals surface area (Å²) in [6, 6.07) is 7.60. The molecule has 3 nitrogen and oxygen atoms in total. The number of nitro groups is 1. The van der Waals surface area contributed by atoms with Crippen molar-refractivity contribution in [3.63, 3.8) is 0 Å². The number of allylic oxidation sites excluding steroid dienone is 1. The Labute approximate surface area is 76.9 Å². The number of benzene rings is 1. The monoisotopic (exact) mass is 177 g/mol. The molecular formula is C10H11NO2. The van der Waals surface area contributed by atoms with E-state index in [1.165, 1.54) is 6.92 Å². The van der Waals surface area contributed by atoms with Gasteiger partial charge in [0.25, 0.3) is 0 Å². The van der Waals surface area contributed by atoms with Crippen molar-refractivity contribution in [2.75, 3.05) is 0 Å². The molecule has 0 aromatic heterocycles. The van der Waals surface area contributed by atoms with Gasteiger partial charge in [-0.3, -0.25) is 10.1 Å². The van der Waals surface area contributed by atoms with Crippen molar-refractivity contribution in [1.82, 2.24) is 0 Å². The highest BCUT2D eigenvalue weighted by atomic mass is 16.6. The molecule has 68 valence electrons. The van der Waals surface area contributed by atoms with E-state index in [0.717, 1.165) is 11.1 Å². The second-order valence-corrected chi connectivity index (χ2v) is 2.96. The molecule has 0 aliphatic carbocycles. The standard InChI is InChI=1S/C10H11NO2/c1-8-4-3-5-10(6-8)7-9(2)11(12)13/h3-7H,1-2H3. The first kappa shape index (κ1) is 9.45. The van der Waals surface area contributed by atoms with Crippen LogP contribution >= 0.6 is 0 Å². The largest absolute Gasteiger partial charge is 0.259 e. The summed E-state index contributed by atoms with van der Waals surface area (Å²) < 4.78 is 0. The molecule has 0 aliphatic heterocycles. The molecule has 0 heterocycles. The maximum atomic E-state index is 10.3. The lowest BCUT2D eigenvalue weighted by Gasteiger charge is -1.95. The average Bonchev–Trinajstić information content (AvgIpc) is 2.04. The van der Waals surface area contributed by atoms with Gasteiger partial charge in [-0.2, -0.15) is 0 Å². The minimum absolute atomic E-state index is 0.158. The molecule has 0 fully saturated rings. The predicted molar refractivity (Wildman–Crippen MR) is 51.8 cm³/mol. The van der Waals surface area contributed by atoms with Crippen molar-refractivity contribution < 1.29 is 4.92 Å². The molecule has 13 heavy (non-hydrogen) atoms. The molecule has 1 aromatic carbocycles. The first-order valence-corrected chi connectivity index (χ1v) is 3.99. The third-order valence-corrected chi connectivity index (χ3v) is 1.71. The van der Waals surface area contributed by atoms with Crippen molar-refractivity contribution >= 4 is 6.08 Å². The van der Waals surface area contributed by atoms with Crippen LogP contribution in [0.4, 0.5) is 0 Å². The minimum Gasteiger partial charge on any atom is -0.259 e. The Morgan fingerprint density at radius 1 is 1.54 bits per heavy atom. The number of nitrogens with zero attached hydrogens (tertiary/aromatic N) is 1. The van der Waals surface area contributed by atoms with Crippen molar-refractivity contribution in [3.05, 3.63) is 51.2 Å². The average molecular weight is 177 g/mol. The van der Waals surface area contributed by atoms with Crippen molar-refractivity contribution in [2.24, 2.45) is 0 Å². The molecule has 0 spiro atoms. The summed E-state index contributed by atoms with van der Waals surface area (Å²) in [5.41, 5.74) is 2.13. The normalized spacial score (nSPS) is 11.4. The van der Waals surface area contributed by atoms with E-state index < -0.39 is 0 Å². The van der Waals surface area contributed by atoms with Gasteiger partial charge in [-0.1, -0.05) is 29.8 Å². The van der Waals surface area contributed by atoms with Crippen LogP contribution in [0.5, 0.6) is 0 Å². The van der Waals surface area contributed by atoms with Gasteiger partial charge < -0.3 is 0 Å². The van der Waals surface area contributed by atoms with Crippen LogP contribution in [0.2, 0.25) is 0 Å². The van der Waals surface area contributed by atoms with Crippen LogP contribution in [0.3, 0.4) is 0 Å². The van der Waals surface area contributed by atoms with Crippen LogP contribution in [0, 0.1) is 17.0 Å². The zero-order valence-corrected chi connectivity index (χ0v) is 7.65. The van der Waals surface area contributed by atoms with E-state index in [9.17, 15) is 10.1 Å². The summed E-state index contributed by atoms with van der Waals surface area (Å²) in [5, 5.41) is 10.3. The van der Waals surface area contributed by atoms with Crippen LogP contribution in [0.1, 0.15) is 18.1 Å². The quantitative estimate of drug-likeness (QED) is 0.514. The molecule has 3 heteroatoms. The summed E-state index contributed by atoms with van der Waals surface area (Å²) in [7, 11) is 0. The fourth-order valence-corrected chi connectivity index (χ4v) is 1.05. The van der Waals surface area contributed by atoms with E-state index in [1.54, 1.807) is 6.08 Å². The molecule has 0 atom stereocenters. The van der Waals surface area contributed by atoms with Gasteiger partial charge in [0.1, 0.15) is 0 Å². The van der Waals surface area contributed by atoms with Crippen molar-refractivity contribution in [3.8, 4) is 0 Å². The summed E-state index contributed by atoms with van der Waals surface area (Å²) >= 11 is 0. The number of aryl methyl sites for hydroxylation is 1. The first-order chi connectivity index (χ1) is 6.09. The number of hydrogen-bond donors (Lipinski definition) is 0. The molecule has 0 unspecified atom stereocenters. The Balaban J connectivity index is 2.97. The smallest absolute Gasteiger partial charge is 0.243 e. The van der Waals surface area contributed by atoms with Gasteiger partial charge in [0.15, 0.2) is 0 Å². The molecule has 0 N–H and O–H groups in total. The van der Waals surface area contributed by atoms with Gasteiger partial charge in [-0.05, 0) is 12.5 Å². The van der Waals surface area contributed by atoms with E-state index in [2.05, 4.69) is 0 Å². The lowest BCUT2D eigenvalue weighted by molar-refractivity contribution is -0.422. The minimum atomic E-state index is -0.387. The molecule has 1 rings (SSSR count). The van der Waals surface area contributed by atoms with E-state index in [-0.39, 0.29) is 10.6 Å². The van der Waals surface area contributed by atoms with Gasteiger partial charge in [0.2, 0.25) is 5.70 Å². The van der Waals surface area contributed by atoms with E-state index >= 15 is 0 Å². The molecule has 0 amide bonds. The molecule has 0 radical (unpaired) electrons. The second-order valence-electron chi connectivity index (χ2n) is 2.96. The molecular weight excluding hydrogens is 166 g/mol. The second kappa shape index (κ2) is 3.85. The van der Waals surface area contributed by atoms with E-state index in [4.69, 9.17) is 0 Å². The maximum absolute atomic E-state index is 10.3. The summed E-state index contributed by atoms with van der Waals surface area (Å²) in [5.74, 6) is 0. The van der Waals surface area contributed by atoms with Gasteiger partial charge in [0, 0.05) is 13.0 Å². The third-order valence-electron chi connectivity index (χ3n) is 1.71. The number of rotatable bonds is 2. The van der Waals surface area contributed by atoms with Crippen molar-refractivity contribution in [2.45, 2.75) is 13.8 Å². The summed E-state index contributed by atoms with van der Waals surface area (Å²) in [6.45, 7) is 3.45. The topological polar surface area (TPSA) is 43.1 Å². The Bertz CT molecular complexity index is 356. The van der Waals surface area contributed by atoms with Crippen molar-refractivity contribution in [1.29, 1.82) is 0 Å². The maximum Gasteiger partial charge on any atom is 0.243 e. The Kier molecular flexibility index (Phi) is 2.80.